The van der Waals surface area contributed by atoms with Crippen molar-refractivity contribution >= 4 is 40.4 Å². The normalized spacial score (nSPS) is 10.2. The molecule has 0 fully saturated rings. The van der Waals surface area contributed by atoms with Crippen molar-refractivity contribution in [3.8, 4) is 0 Å². The van der Waals surface area contributed by atoms with E-state index in [0.29, 0.717) is 17.3 Å². The van der Waals surface area contributed by atoms with Crippen LogP contribution in [-0.2, 0) is 20.9 Å². The molecule has 0 atom stereocenters. The van der Waals surface area contributed by atoms with Gasteiger partial charge in [-0.05, 0) is 35.7 Å². The molecule has 0 radical (unpaired) electrons. The lowest BCUT2D eigenvalue weighted by atomic mass is 10.3. The highest BCUT2D eigenvalue weighted by atomic mass is 35.5. The lowest BCUT2D eigenvalue weighted by molar-refractivity contribution is -0.128. The first kappa shape index (κ1) is 16.5. The summed E-state index contributed by atoms with van der Waals surface area (Å²) in [5, 5.41) is 7.90. The third-order valence-electron chi connectivity index (χ3n) is 2.63. The number of carbonyl (C=O) groups is 2. The van der Waals surface area contributed by atoms with Crippen molar-refractivity contribution in [2.24, 2.45) is 0 Å². The first-order chi connectivity index (χ1) is 10.6. The Bertz CT molecular complexity index is 614. The van der Waals surface area contributed by atoms with E-state index in [0.717, 1.165) is 4.88 Å². The summed E-state index contributed by atoms with van der Waals surface area (Å²) in [6, 6.07) is 10.6. The van der Waals surface area contributed by atoms with Gasteiger partial charge in [-0.2, -0.15) is 0 Å². The van der Waals surface area contributed by atoms with Gasteiger partial charge < -0.3 is 15.4 Å². The number of amides is 2. The van der Waals surface area contributed by atoms with Crippen LogP contribution in [0.4, 0.5) is 5.69 Å². The van der Waals surface area contributed by atoms with Crippen molar-refractivity contribution in [3.05, 3.63) is 51.7 Å². The van der Waals surface area contributed by atoms with E-state index in [-0.39, 0.29) is 25.0 Å². The average molecular weight is 339 g/mol. The molecule has 5 nitrogen and oxygen atoms in total. The van der Waals surface area contributed by atoms with Gasteiger partial charge in [-0.3, -0.25) is 9.59 Å². The Balaban J connectivity index is 1.62. The number of rotatable bonds is 7. The van der Waals surface area contributed by atoms with E-state index in [1.165, 1.54) is 0 Å². The molecule has 0 aliphatic heterocycles. The standard InChI is InChI=1S/C15H15ClN2O3S/c16-11-3-5-12(6-4-11)18-15(20)10-21-9-14(19)17-8-13-2-1-7-22-13/h1-7H,8-10H2,(H,17,19)(H,18,20). The van der Waals surface area contributed by atoms with E-state index < -0.39 is 0 Å². The van der Waals surface area contributed by atoms with E-state index >= 15 is 0 Å². The van der Waals surface area contributed by atoms with Gasteiger partial charge in [-0.25, -0.2) is 0 Å². The molecule has 116 valence electrons. The van der Waals surface area contributed by atoms with Gasteiger partial charge in [-0.15, -0.1) is 11.3 Å². The number of ether oxygens (including phenoxy) is 1. The summed E-state index contributed by atoms with van der Waals surface area (Å²) in [5.41, 5.74) is 0.625. The second-order valence-electron chi connectivity index (χ2n) is 4.40. The van der Waals surface area contributed by atoms with Crippen LogP contribution in [0.1, 0.15) is 4.88 Å². The molecule has 1 aromatic heterocycles. The summed E-state index contributed by atoms with van der Waals surface area (Å²) in [6.45, 7) is 0.130. The molecule has 1 heterocycles. The van der Waals surface area contributed by atoms with Crippen molar-refractivity contribution < 1.29 is 14.3 Å². The maximum absolute atomic E-state index is 11.6. The fraction of sp³-hybridized carbons (Fsp3) is 0.200. The predicted molar refractivity (Wildman–Crippen MR) is 87.1 cm³/mol. The van der Waals surface area contributed by atoms with Gasteiger partial charge in [-0.1, -0.05) is 17.7 Å². The summed E-state index contributed by atoms with van der Waals surface area (Å²) in [7, 11) is 0. The largest absolute Gasteiger partial charge is 0.362 e. The van der Waals surface area contributed by atoms with E-state index in [1.807, 2.05) is 17.5 Å². The van der Waals surface area contributed by atoms with E-state index in [1.54, 1.807) is 35.6 Å². The highest BCUT2D eigenvalue weighted by Gasteiger charge is 2.06. The Hall–Kier alpha value is -1.89. The van der Waals surface area contributed by atoms with Crippen LogP contribution in [0.15, 0.2) is 41.8 Å². The lowest BCUT2D eigenvalue weighted by Gasteiger charge is -2.07. The molecule has 2 N–H and O–H groups in total. The van der Waals surface area contributed by atoms with Gasteiger partial charge in [0, 0.05) is 15.6 Å². The van der Waals surface area contributed by atoms with Crippen LogP contribution in [0.3, 0.4) is 0 Å². The van der Waals surface area contributed by atoms with Crippen molar-refractivity contribution in [1.82, 2.24) is 5.32 Å². The predicted octanol–water partition coefficient (Wildman–Crippen LogP) is 2.67. The van der Waals surface area contributed by atoms with Crippen LogP contribution in [0, 0.1) is 0 Å². The number of halogens is 1. The number of carbonyl (C=O) groups excluding carboxylic acids is 2. The van der Waals surface area contributed by atoms with Crippen molar-refractivity contribution in [2.45, 2.75) is 6.54 Å². The average Bonchev–Trinajstić information content (AvgIpc) is 3.01. The van der Waals surface area contributed by atoms with Gasteiger partial charge in [0.25, 0.3) is 0 Å². The molecule has 0 unspecified atom stereocenters. The maximum atomic E-state index is 11.6. The second kappa shape index (κ2) is 8.53. The van der Waals surface area contributed by atoms with E-state index in [9.17, 15) is 9.59 Å². The summed E-state index contributed by atoms with van der Waals surface area (Å²) in [4.78, 5) is 24.2. The molecule has 0 aliphatic carbocycles. The Labute approximate surface area is 137 Å². The highest BCUT2D eigenvalue weighted by molar-refractivity contribution is 7.09. The van der Waals surface area contributed by atoms with Crippen LogP contribution in [0.5, 0.6) is 0 Å². The molecule has 0 aliphatic rings. The van der Waals surface area contributed by atoms with Gasteiger partial charge in [0.2, 0.25) is 11.8 Å². The smallest absolute Gasteiger partial charge is 0.250 e. The zero-order valence-electron chi connectivity index (χ0n) is 11.7. The van der Waals surface area contributed by atoms with Crippen LogP contribution in [-0.4, -0.2) is 25.0 Å². The SMILES string of the molecule is O=C(COCC(=O)Nc1ccc(Cl)cc1)NCc1cccs1. The molecule has 2 amide bonds. The fourth-order valence-electron chi connectivity index (χ4n) is 1.62. The number of hydrogen-bond acceptors (Lipinski definition) is 4. The maximum Gasteiger partial charge on any atom is 0.250 e. The van der Waals surface area contributed by atoms with E-state index in [2.05, 4.69) is 10.6 Å². The number of benzene rings is 1. The van der Waals surface area contributed by atoms with Gasteiger partial charge in [0.15, 0.2) is 0 Å². The molecule has 2 rings (SSSR count). The first-order valence-corrected chi connectivity index (χ1v) is 7.81. The second-order valence-corrected chi connectivity index (χ2v) is 5.87. The zero-order valence-corrected chi connectivity index (χ0v) is 13.2. The fourth-order valence-corrected chi connectivity index (χ4v) is 2.39. The van der Waals surface area contributed by atoms with Gasteiger partial charge >= 0.3 is 0 Å². The third kappa shape index (κ3) is 5.85. The number of anilines is 1. The lowest BCUT2D eigenvalue weighted by Crippen LogP contribution is -2.29. The minimum Gasteiger partial charge on any atom is -0.362 e. The molecular weight excluding hydrogens is 324 g/mol. The van der Waals surface area contributed by atoms with Crippen LogP contribution in [0.2, 0.25) is 5.02 Å². The van der Waals surface area contributed by atoms with E-state index in [4.69, 9.17) is 16.3 Å². The number of nitrogens with one attached hydrogen (secondary N) is 2. The Kier molecular flexibility index (Phi) is 6.39. The molecular formula is C15H15ClN2O3S. The molecule has 0 bridgehead atoms. The van der Waals surface area contributed by atoms with Crippen LogP contribution in [0.25, 0.3) is 0 Å². The summed E-state index contributed by atoms with van der Waals surface area (Å²) >= 11 is 7.32. The highest BCUT2D eigenvalue weighted by Crippen LogP contribution is 2.13. The molecule has 1 aromatic carbocycles. The van der Waals surface area contributed by atoms with Gasteiger partial charge in [0.1, 0.15) is 13.2 Å². The van der Waals surface area contributed by atoms with Gasteiger partial charge in [0.05, 0.1) is 6.54 Å². The zero-order chi connectivity index (χ0) is 15.8. The summed E-state index contributed by atoms with van der Waals surface area (Å²) in [5.74, 6) is -0.582. The first-order valence-electron chi connectivity index (χ1n) is 6.56. The monoisotopic (exact) mass is 338 g/mol. The van der Waals surface area contributed by atoms with Crippen molar-refractivity contribution in [3.63, 3.8) is 0 Å². The summed E-state index contributed by atoms with van der Waals surface area (Å²) < 4.78 is 5.08. The Morgan fingerprint density at radius 2 is 1.82 bits per heavy atom. The molecule has 0 saturated heterocycles. The molecule has 0 saturated carbocycles. The quantitative estimate of drug-likeness (QED) is 0.815. The minimum atomic E-state index is -0.326. The molecule has 22 heavy (non-hydrogen) atoms. The summed E-state index contributed by atoms with van der Waals surface area (Å²) in [6.07, 6.45) is 0. The van der Waals surface area contributed by atoms with Crippen LogP contribution >= 0.6 is 22.9 Å². The van der Waals surface area contributed by atoms with Crippen molar-refractivity contribution in [2.75, 3.05) is 18.5 Å². The number of thiophene rings is 1. The Morgan fingerprint density at radius 3 is 2.50 bits per heavy atom. The van der Waals surface area contributed by atoms with Crippen molar-refractivity contribution in [1.29, 1.82) is 0 Å². The number of hydrogen-bond donors (Lipinski definition) is 2. The van der Waals surface area contributed by atoms with Crippen LogP contribution < -0.4 is 10.6 Å². The Morgan fingerprint density at radius 1 is 1.09 bits per heavy atom. The minimum absolute atomic E-state index is 0.153. The third-order valence-corrected chi connectivity index (χ3v) is 3.76. The topological polar surface area (TPSA) is 67.4 Å². The molecule has 7 heteroatoms. The molecule has 2 aromatic rings. The molecule has 0 spiro atoms.